The maximum absolute atomic E-state index is 3.67. The third-order valence-electron chi connectivity index (χ3n) is 4.36. The molecule has 0 amide bonds. The third kappa shape index (κ3) is 3.84. The highest BCUT2D eigenvalue weighted by molar-refractivity contribution is 5.18. The Kier molecular flexibility index (Phi) is 4.82. The van der Waals surface area contributed by atoms with Gasteiger partial charge in [0.25, 0.3) is 0 Å². The molecule has 1 aliphatic rings. The first kappa shape index (κ1) is 13.6. The van der Waals surface area contributed by atoms with Crippen LogP contribution < -0.4 is 5.32 Å². The molecule has 1 aromatic carbocycles. The fourth-order valence-electron chi connectivity index (χ4n) is 2.84. The van der Waals surface area contributed by atoms with Crippen LogP contribution in [0.4, 0.5) is 0 Å². The summed E-state index contributed by atoms with van der Waals surface area (Å²) in [6, 6.07) is 10.9. The van der Waals surface area contributed by atoms with Crippen LogP contribution in [0.3, 0.4) is 0 Å². The fraction of sp³-hybridized carbons (Fsp3) is 0.647. The van der Waals surface area contributed by atoms with Gasteiger partial charge in [0.15, 0.2) is 0 Å². The summed E-state index contributed by atoms with van der Waals surface area (Å²) in [6.45, 7) is 7.03. The van der Waals surface area contributed by atoms with E-state index in [9.17, 15) is 0 Å². The van der Waals surface area contributed by atoms with Crippen LogP contribution in [0.5, 0.6) is 0 Å². The van der Waals surface area contributed by atoms with Crippen molar-refractivity contribution in [3.05, 3.63) is 35.9 Å². The van der Waals surface area contributed by atoms with Gasteiger partial charge in [-0.25, -0.2) is 0 Å². The molecule has 0 spiro atoms. The molecule has 0 aromatic heterocycles. The van der Waals surface area contributed by atoms with E-state index in [4.69, 9.17) is 0 Å². The van der Waals surface area contributed by atoms with E-state index in [0.717, 1.165) is 6.54 Å². The van der Waals surface area contributed by atoms with Crippen LogP contribution in [0.2, 0.25) is 0 Å². The molecule has 0 radical (unpaired) electrons. The SMILES string of the molecule is CCCC1(CNCCC(C)c2ccccc2)CC1. The standard InChI is InChI=1S/C17H27N/c1-3-10-17(11-12-17)14-18-13-9-15(2)16-7-5-4-6-8-16/h4-8,15,18H,3,9-14H2,1-2H3. The predicted octanol–water partition coefficient (Wildman–Crippen LogP) is 4.35. The van der Waals surface area contributed by atoms with E-state index in [1.54, 1.807) is 0 Å². The number of hydrogen-bond donors (Lipinski definition) is 1. The van der Waals surface area contributed by atoms with E-state index in [2.05, 4.69) is 49.5 Å². The van der Waals surface area contributed by atoms with Crippen LogP contribution in [0.1, 0.15) is 57.4 Å². The second-order valence-corrected chi connectivity index (χ2v) is 6.03. The van der Waals surface area contributed by atoms with Crippen molar-refractivity contribution in [2.75, 3.05) is 13.1 Å². The van der Waals surface area contributed by atoms with Crippen molar-refractivity contribution in [2.24, 2.45) is 5.41 Å². The molecule has 0 aliphatic heterocycles. The van der Waals surface area contributed by atoms with Gasteiger partial charge in [0.1, 0.15) is 0 Å². The minimum atomic E-state index is 0.667. The van der Waals surface area contributed by atoms with Gasteiger partial charge >= 0.3 is 0 Å². The van der Waals surface area contributed by atoms with Crippen molar-refractivity contribution < 1.29 is 0 Å². The Morgan fingerprint density at radius 3 is 2.56 bits per heavy atom. The van der Waals surface area contributed by atoms with Crippen LogP contribution in [0.25, 0.3) is 0 Å². The summed E-state index contributed by atoms with van der Waals surface area (Å²) < 4.78 is 0. The lowest BCUT2D eigenvalue weighted by molar-refractivity contribution is 0.416. The lowest BCUT2D eigenvalue weighted by Gasteiger charge is -2.17. The fourth-order valence-corrected chi connectivity index (χ4v) is 2.84. The number of nitrogens with one attached hydrogen (secondary N) is 1. The minimum absolute atomic E-state index is 0.667. The largest absolute Gasteiger partial charge is 0.316 e. The molecule has 1 saturated carbocycles. The van der Waals surface area contributed by atoms with Gasteiger partial charge in [0, 0.05) is 6.54 Å². The molecule has 1 N–H and O–H groups in total. The first-order chi connectivity index (χ1) is 8.76. The molecule has 1 heteroatoms. The summed E-state index contributed by atoms with van der Waals surface area (Å²) in [5.41, 5.74) is 2.15. The highest BCUT2D eigenvalue weighted by Crippen LogP contribution is 2.48. The Balaban J connectivity index is 1.64. The monoisotopic (exact) mass is 245 g/mol. The van der Waals surface area contributed by atoms with E-state index >= 15 is 0 Å². The van der Waals surface area contributed by atoms with Crippen molar-refractivity contribution in [3.8, 4) is 0 Å². The number of benzene rings is 1. The first-order valence-corrected chi connectivity index (χ1v) is 7.51. The Hall–Kier alpha value is -0.820. The highest BCUT2D eigenvalue weighted by Gasteiger charge is 2.40. The second-order valence-electron chi connectivity index (χ2n) is 6.03. The molecule has 0 bridgehead atoms. The number of hydrogen-bond acceptors (Lipinski definition) is 1. The zero-order chi connectivity index (χ0) is 12.8. The van der Waals surface area contributed by atoms with Crippen LogP contribution in [0.15, 0.2) is 30.3 Å². The van der Waals surface area contributed by atoms with Gasteiger partial charge in [-0.2, -0.15) is 0 Å². The first-order valence-electron chi connectivity index (χ1n) is 7.51. The molecule has 2 rings (SSSR count). The van der Waals surface area contributed by atoms with Gasteiger partial charge in [-0.05, 0) is 49.1 Å². The molecule has 1 fully saturated rings. The molecule has 0 heterocycles. The van der Waals surface area contributed by atoms with E-state index in [-0.39, 0.29) is 0 Å². The van der Waals surface area contributed by atoms with Crippen LogP contribution >= 0.6 is 0 Å². The second kappa shape index (κ2) is 6.38. The summed E-state index contributed by atoms with van der Waals surface area (Å²) in [5, 5.41) is 3.67. The minimum Gasteiger partial charge on any atom is -0.316 e. The van der Waals surface area contributed by atoms with E-state index in [1.807, 2.05) is 0 Å². The molecule has 1 aliphatic carbocycles. The Morgan fingerprint density at radius 1 is 1.22 bits per heavy atom. The third-order valence-corrected chi connectivity index (χ3v) is 4.36. The lowest BCUT2D eigenvalue weighted by Crippen LogP contribution is -2.25. The average molecular weight is 245 g/mol. The normalized spacial score (nSPS) is 18.6. The Bertz CT molecular complexity index is 340. The van der Waals surface area contributed by atoms with Gasteiger partial charge in [-0.1, -0.05) is 50.6 Å². The molecule has 1 atom stereocenters. The van der Waals surface area contributed by atoms with Gasteiger partial charge in [0.05, 0.1) is 0 Å². The van der Waals surface area contributed by atoms with E-state index in [1.165, 1.54) is 44.2 Å². The molecule has 100 valence electrons. The smallest absolute Gasteiger partial charge is 0.000781 e. The summed E-state index contributed by atoms with van der Waals surface area (Å²) in [4.78, 5) is 0. The van der Waals surface area contributed by atoms with Crippen molar-refractivity contribution in [1.29, 1.82) is 0 Å². The van der Waals surface area contributed by atoms with Crippen molar-refractivity contribution in [3.63, 3.8) is 0 Å². The summed E-state index contributed by atoms with van der Waals surface area (Å²) in [5.74, 6) is 0.667. The molecule has 1 aromatic rings. The van der Waals surface area contributed by atoms with E-state index in [0.29, 0.717) is 11.3 Å². The van der Waals surface area contributed by atoms with Gasteiger partial charge in [0.2, 0.25) is 0 Å². The van der Waals surface area contributed by atoms with Gasteiger partial charge in [-0.3, -0.25) is 0 Å². The predicted molar refractivity (Wildman–Crippen MR) is 78.9 cm³/mol. The van der Waals surface area contributed by atoms with Crippen LogP contribution in [-0.2, 0) is 0 Å². The number of rotatable bonds is 8. The Labute approximate surface area is 112 Å². The zero-order valence-corrected chi connectivity index (χ0v) is 11.9. The molecular weight excluding hydrogens is 218 g/mol. The molecule has 1 nitrogen and oxygen atoms in total. The average Bonchev–Trinajstić information content (AvgIpc) is 3.16. The van der Waals surface area contributed by atoms with Crippen molar-refractivity contribution >= 4 is 0 Å². The van der Waals surface area contributed by atoms with Crippen molar-refractivity contribution in [1.82, 2.24) is 5.32 Å². The van der Waals surface area contributed by atoms with Crippen LogP contribution in [0, 0.1) is 5.41 Å². The summed E-state index contributed by atoms with van der Waals surface area (Å²) in [7, 11) is 0. The maximum atomic E-state index is 3.67. The van der Waals surface area contributed by atoms with Gasteiger partial charge < -0.3 is 5.32 Å². The molecule has 0 saturated heterocycles. The quantitative estimate of drug-likeness (QED) is 0.671. The molecular formula is C17H27N. The zero-order valence-electron chi connectivity index (χ0n) is 11.9. The molecule has 18 heavy (non-hydrogen) atoms. The molecule has 1 unspecified atom stereocenters. The van der Waals surface area contributed by atoms with Crippen LogP contribution in [-0.4, -0.2) is 13.1 Å². The maximum Gasteiger partial charge on any atom is 0.000781 e. The summed E-state index contributed by atoms with van der Waals surface area (Å²) in [6.07, 6.45) is 6.88. The highest BCUT2D eigenvalue weighted by atomic mass is 14.9. The van der Waals surface area contributed by atoms with Crippen molar-refractivity contribution in [2.45, 2.75) is 51.9 Å². The Morgan fingerprint density at radius 2 is 1.94 bits per heavy atom. The summed E-state index contributed by atoms with van der Waals surface area (Å²) >= 11 is 0. The topological polar surface area (TPSA) is 12.0 Å². The van der Waals surface area contributed by atoms with Gasteiger partial charge in [-0.15, -0.1) is 0 Å². The lowest BCUT2D eigenvalue weighted by atomic mass is 9.97. The van der Waals surface area contributed by atoms with E-state index < -0.39 is 0 Å².